The van der Waals surface area contributed by atoms with Crippen LogP contribution in [0.4, 0.5) is 10.1 Å². The minimum atomic E-state index is -0.482. The molecule has 96 valence electrons. The molecule has 0 saturated heterocycles. The minimum absolute atomic E-state index is 0.482. The SMILES string of the molecule is FCc1c[nH]c2ncc(NCc3ccccc3)cc12. The molecule has 4 heteroatoms. The van der Waals surface area contributed by atoms with Gasteiger partial charge in [-0.2, -0.15) is 0 Å². The predicted octanol–water partition coefficient (Wildman–Crippen LogP) is 3.64. The van der Waals surface area contributed by atoms with Crippen LogP contribution in [-0.4, -0.2) is 9.97 Å². The fourth-order valence-corrected chi connectivity index (χ4v) is 2.07. The van der Waals surface area contributed by atoms with Crippen molar-refractivity contribution in [2.75, 3.05) is 5.32 Å². The van der Waals surface area contributed by atoms with Gasteiger partial charge in [-0.05, 0) is 11.6 Å². The predicted molar refractivity (Wildman–Crippen MR) is 74.7 cm³/mol. The van der Waals surface area contributed by atoms with Gasteiger partial charge >= 0.3 is 0 Å². The highest BCUT2D eigenvalue weighted by Crippen LogP contribution is 2.21. The number of fused-ring (bicyclic) bond motifs is 1. The molecule has 19 heavy (non-hydrogen) atoms. The van der Waals surface area contributed by atoms with E-state index >= 15 is 0 Å². The van der Waals surface area contributed by atoms with Crippen molar-refractivity contribution in [2.24, 2.45) is 0 Å². The van der Waals surface area contributed by atoms with Crippen LogP contribution >= 0.6 is 0 Å². The number of pyridine rings is 1. The number of rotatable bonds is 4. The van der Waals surface area contributed by atoms with Crippen LogP contribution in [0, 0.1) is 0 Å². The minimum Gasteiger partial charge on any atom is -0.380 e. The first-order chi connectivity index (χ1) is 9.36. The van der Waals surface area contributed by atoms with Crippen molar-refractivity contribution in [1.82, 2.24) is 9.97 Å². The number of hydrogen-bond donors (Lipinski definition) is 2. The highest BCUT2D eigenvalue weighted by atomic mass is 19.1. The van der Waals surface area contributed by atoms with E-state index in [-0.39, 0.29) is 0 Å². The number of nitrogens with zero attached hydrogens (tertiary/aromatic N) is 1. The van der Waals surface area contributed by atoms with Crippen molar-refractivity contribution in [2.45, 2.75) is 13.2 Å². The fourth-order valence-electron chi connectivity index (χ4n) is 2.07. The smallest absolute Gasteiger partial charge is 0.137 e. The van der Waals surface area contributed by atoms with E-state index in [1.54, 1.807) is 12.4 Å². The zero-order chi connectivity index (χ0) is 13.1. The Labute approximate surface area is 110 Å². The molecule has 0 fully saturated rings. The van der Waals surface area contributed by atoms with Gasteiger partial charge in [-0.3, -0.25) is 0 Å². The summed E-state index contributed by atoms with van der Waals surface area (Å²) in [6, 6.07) is 12.0. The average Bonchev–Trinajstić information content (AvgIpc) is 2.88. The van der Waals surface area contributed by atoms with Crippen molar-refractivity contribution in [3.05, 3.63) is 59.9 Å². The third kappa shape index (κ3) is 2.42. The number of nitrogens with one attached hydrogen (secondary N) is 2. The Morgan fingerprint density at radius 3 is 2.84 bits per heavy atom. The Morgan fingerprint density at radius 2 is 2.05 bits per heavy atom. The largest absolute Gasteiger partial charge is 0.380 e. The summed E-state index contributed by atoms with van der Waals surface area (Å²) in [6.45, 7) is 0.243. The quantitative estimate of drug-likeness (QED) is 0.747. The average molecular weight is 255 g/mol. The molecule has 0 radical (unpaired) electrons. The van der Waals surface area contributed by atoms with Crippen molar-refractivity contribution in [1.29, 1.82) is 0 Å². The number of anilines is 1. The van der Waals surface area contributed by atoms with Crippen molar-refractivity contribution in [3.8, 4) is 0 Å². The zero-order valence-electron chi connectivity index (χ0n) is 10.4. The van der Waals surface area contributed by atoms with Crippen molar-refractivity contribution < 1.29 is 4.39 Å². The summed E-state index contributed by atoms with van der Waals surface area (Å²) in [6.07, 6.45) is 3.42. The summed E-state index contributed by atoms with van der Waals surface area (Å²) in [4.78, 5) is 7.24. The van der Waals surface area contributed by atoms with Gasteiger partial charge in [0.25, 0.3) is 0 Å². The van der Waals surface area contributed by atoms with Crippen molar-refractivity contribution in [3.63, 3.8) is 0 Å². The lowest BCUT2D eigenvalue weighted by molar-refractivity contribution is 0.488. The van der Waals surface area contributed by atoms with Gasteiger partial charge in [0.15, 0.2) is 0 Å². The highest BCUT2D eigenvalue weighted by molar-refractivity contribution is 5.82. The van der Waals surface area contributed by atoms with Crippen LogP contribution in [0.3, 0.4) is 0 Å². The highest BCUT2D eigenvalue weighted by Gasteiger charge is 2.05. The third-order valence-electron chi connectivity index (χ3n) is 3.10. The summed E-state index contributed by atoms with van der Waals surface area (Å²) in [5.74, 6) is 0. The number of benzene rings is 1. The first kappa shape index (κ1) is 11.7. The van der Waals surface area contributed by atoms with Gasteiger partial charge in [0.2, 0.25) is 0 Å². The molecule has 3 aromatic rings. The molecule has 0 spiro atoms. The maximum absolute atomic E-state index is 12.8. The standard InChI is InChI=1S/C15H14FN3/c16-7-12-9-18-15-14(12)6-13(10-19-15)17-8-11-4-2-1-3-5-11/h1-6,9-10,17H,7-8H2,(H,18,19). The number of hydrogen-bond acceptors (Lipinski definition) is 2. The lowest BCUT2D eigenvalue weighted by Crippen LogP contribution is -1.99. The Bertz CT molecular complexity index is 676. The topological polar surface area (TPSA) is 40.7 Å². The monoisotopic (exact) mass is 255 g/mol. The van der Waals surface area contributed by atoms with E-state index in [1.165, 1.54) is 5.56 Å². The lowest BCUT2D eigenvalue weighted by atomic mass is 10.2. The summed E-state index contributed by atoms with van der Waals surface area (Å²) in [7, 11) is 0. The van der Waals surface area contributed by atoms with Gasteiger partial charge in [0.05, 0.1) is 11.9 Å². The van der Waals surface area contributed by atoms with Crippen LogP contribution in [0.5, 0.6) is 0 Å². The van der Waals surface area contributed by atoms with E-state index < -0.39 is 6.67 Å². The molecule has 0 bridgehead atoms. The second kappa shape index (κ2) is 5.10. The molecule has 2 aromatic heterocycles. The molecule has 0 aliphatic rings. The van der Waals surface area contributed by atoms with Crippen LogP contribution in [0.1, 0.15) is 11.1 Å². The van der Waals surface area contributed by atoms with Gasteiger partial charge in [0, 0.05) is 23.7 Å². The molecular formula is C15H14FN3. The third-order valence-corrected chi connectivity index (χ3v) is 3.10. The normalized spacial score (nSPS) is 10.8. The van der Waals surface area contributed by atoms with E-state index in [0.29, 0.717) is 5.56 Å². The Morgan fingerprint density at radius 1 is 1.21 bits per heavy atom. The van der Waals surface area contributed by atoms with Gasteiger partial charge in [-0.25, -0.2) is 9.37 Å². The van der Waals surface area contributed by atoms with Crippen LogP contribution < -0.4 is 5.32 Å². The lowest BCUT2D eigenvalue weighted by Gasteiger charge is -2.06. The van der Waals surface area contributed by atoms with Crippen molar-refractivity contribution >= 4 is 16.7 Å². The van der Waals surface area contributed by atoms with E-state index in [4.69, 9.17) is 0 Å². The van der Waals surface area contributed by atoms with E-state index in [2.05, 4.69) is 27.4 Å². The van der Waals surface area contributed by atoms with Crippen LogP contribution in [-0.2, 0) is 13.2 Å². The second-order valence-electron chi connectivity index (χ2n) is 4.41. The molecule has 3 rings (SSSR count). The molecule has 1 aromatic carbocycles. The molecule has 0 amide bonds. The summed E-state index contributed by atoms with van der Waals surface area (Å²) in [5.41, 5.74) is 3.46. The molecule has 0 aliphatic carbocycles. The Hall–Kier alpha value is -2.36. The van der Waals surface area contributed by atoms with Gasteiger partial charge in [-0.15, -0.1) is 0 Å². The molecule has 0 unspecified atom stereocenters. The van der Waals surface area contributed by atoms with E-state index in [9.17, 15) is 4.39 Å². The van der Waals surface area contributed by atoms with Gasteiger partial charge < -0.3 is 10.3 Å². The van der Waals surface area contributed by atoms with Crippen LogP contribution in [0.25, 0.3) is 11.0 Å². The van der Waals surface area contributed by atoms with E-state index in [0.717, 1.165) is 23.3 Å². The number of halogens is 1. The Kier molecular flexibility index (Phi) is 3.14. The van der Waals surface area contributed by atoms with Gasteiger partial charge in [-0.1, -0.05) is 30.3 Å². The number of H-pyrrole nitrogens is 1. The first-order valence-electron chi connectivity index (χ1n) is 6.16. The number of aromatic nitrogens is 2. The second-order valence-corrected chi connectivity index (χ2v) is 4.41. The summed E-state index contributed by atoms with van der Waals surface area (Å²) >= 11 is 0. The van der Waals surface area contributed by atoms with E-state index in [1.807, 2.05) is 24.3 Å². The maximum atomic E-state index is 12.8. The van der Waals surface area contributed by atoms with Gasteiger partial charge in [0.1, 0.15) is 12.3 Å². The molecule has 0 atom stereocenters. The zero-order valence-corrected chi connectivity index (χ0v) is 10.4. The number of aromatic amines is 1. The fraction of sp³-hybridized carbons (Fsp3) is 0.133. The summed E-state index contributed by atoms with van der Waals surface area (Å²) < 4.78 is 12.8. The molecule has 2 N–H and O–H groups in total. The molecule has 0 saturated carbocycles. The molecule has 0 aliphatic heterocycles. The molecule has 3 nitrogen and oxygen atoms in total. The van der Waals surface area contributed by atoms with Crippen LogP contribution in [0.15, 0.2) is 48.8 Å². The number of alkyl halides is 1. The maximum Gasteiger partial charge on any atom is 0.137 e. The summed E-state index contributed by atoms with van der Waals surface area (Å²) in [5, 5.41) is 4.13. The first-order valence-corrected chi connectivity index (χ1v) is 6.16. The molecule has 2 heterocycles. The molecular weight excluding hydrogens is 241 g/mol. The van der Waals surface area contributed by atoms with Crippen LogP contribution in [0.2, 0.25) is 0 Å². The Balaban J connectivity index is 1.81.